The zero-order valence-electron chi connectivity index (χ0n) is 10.7. The molecular weight excluding hydrogens is 250 g/mol. The topological polar surface area (TPSA) is 49.3 Å². The Morgan fingerprint density at radius 1 is 1.44 bits per heavy atom. The van der Waals surface area contributed by atoms with E-state index >= 15 is 0 Å². The molecule has 0 bridgehead atoms. The predicted octanol–water partition coefficient (Wildman–Crippen LogP) is 3.51. The number of halogens is 1. The van der Waals surface area contributed by atoms with Gasteiger partial charge < -0.3 is 10.4 Å². The van der Waals surface area contributed by atoms with Crippen LogP contribution in [0.4, 0.5) is 4.79 Å². The molecule has 0 aromatic heterocycles. The quantitative estimate of drug-likeness (QED) is 0.804. The fourth-order valence-corrected chi connectivity index (χ4v) is 1.40. The van der Waals surface area contributed by atoms with Gasteiger partial charge in [-0.15, -0.1) is 0 Å². The smallest absolute Gasteiger partial charge is 0.404 e. The first kappa shape index (κ1) is 14.4. The molecule has 0 aliphatic rings. The summed E-state index contributed by atoms with van der Waals surface area (Å²) < 4.78 is 0. The molecule has 1 amide bonds. The van der Waals surface area contributed by atoms with Crippen molar-refractivity contribution in [2.45, 2.75) is 27.3 Å². The Morgan fingerprint density at radius 3 is 2.67 bits per heavy atom. The second kappa shape index (κ2) is 5.79. The monoisotopic (exact) mass is 265 g/mol. The van der Waals surface area contributed by atoms with Crippen LogP contribution < -0.4 is 5.32 Å². The van der Waals surface area contributed by atoms with Crippen molar-refractivity contribution in [1.82, 2.24) is 5.32 Å². The van der Waals surface area contributed by atoms with Gasteiger partial charge in [-0.3, -0.25) is 0 Å². The normalized spacial score (nSPS) is 10.4. The minimum Gasteiger partial charge on any atom is -0.465 e. The number of amides is 1. The van der Waals surface area contributed by atoms with Gasteiger partial charge in [-0.05, 0) is 44.5 Å². The number of nitrogens with one attached hydrogen (secondary N) is 1. The van der Waals surface area contributed by atoms with E-state index in [1.807, 2.05) is 26.8 Å². The van der Waals surface area contributed by atoms with Gasteiger partial charge in [0.2, 0.25) is 0 Å². The third kappa shape index (κ3) is 5.11. The number of carboxylic acid groups (broad SMARTS) is 1. The number of hydrogen-bond acceptors (Lipinski definition) is 1. The molecule has 0 heterocycles. The van der Waals surface area contributed by atoms with Crippen LogP contribution >= 0.6 is 11.6 Å². The van der Waals surface area contributed by atoms with Crippen LogP contribution in [-0.4, -0.2) is 11.2 Å². The van der Waals surface area contributed by atoms with Crippen LogP contribution in [0.3, 0.4) is 0 Å². The maximum atomic E-state index is 10.4. The molecule has 4 heteroatoms. The standard InChI is InChI=1S/C14H16ClNO2/c1-14(2,3)7-6-10-4-5-12(15)11(8-10)9-16-13(17)18/h4-5,8,16H,9H2,1-3H3,(H,17,18). The van der Waals surface area contributed by atoms with E-state index in [-0.39, 0.29) is 12.0 Å². The maximum absolute atomic E-state index is 10.4. The van der Waals surface area contributed by atoms with E-state index in [2.05, 4.69) is 17.2 Å². The van der Waals surface area contributed by atoms with Gasteiger partial charge in [-0.2, -0.15) is 0 Å². The van der Waals surface area contributed by atoms with E-state index in [1.165, 1.54) is 0 Å². The Balaban J connectivity index is 2.92. The van der Waals surface area contributed by atoms with Crippen LogP contribution in [0.5, 0.6) is 0 Å². The van der Waals surface area contributed by atoms with Crippen molar-refractivity contribution in [3.8, 4) is 11.8 Å². The van der Waals surface area contributed by atoms with Crippen molar-refractivity contribution >= 4 is 17.7 Å². The lowest BCUT2D eigenvalue weighted by atomic mass is 9.97. The van der Waals surface area contributed by atoms with Gasteiger partial charge in [-0.25, -0.2) is 4.79 Å². The lowest BCUT2D eigenvalue weighted by molar-refractivity contribution is 0.194. The highest BCUT2D eigenvalue weighted by atomic mass is 35.5. The van der Waals surface area contributed by atoms with Gasteiger partial charge in [-0.1, -0.05) is 23.4 Å². The van der Waals surface area contributed by atoms with E-state index < -0.39 is 6.09 Å². The van der Waals surface area contributed by atoms with Gasteiger partial charge in [0.25, 0.3) is 0 Å². The SMILES string of the molecule is CC(C)(C)C#Cc1ccc(Cl)c(CNC(=O)O)c1. The highest BCUT2D eigenvalue weighted by Crippen LogP contribution is 2.18. The van der Waals surface area contributed by atoms with Crippen LogP contribution in [0, 0.1) is 17.3 Å². The Kier molecular flexibility index (Phi) is 4.63. The highest BCUT2D eigenvalue weighted by Gasteiger charge is 2.05. The molecule has 1 aromatic carbocycles. The molecule has 96 valence electrons. The van der Waals surface area contributed by atoms with Gasteiger partial charge in [0.15, 0.2) is 0 Å². The fourth-order valence-electron chi connectivity index (χ4n) is 1.22. The molecule has 0 atom stereocenters. The lowest BCUT2D eigenvalue weighted by Gasteiger charge is -2.08. The molecule has 1 aromatic rings. The summed E-state index contributed by atoms with van der Waals surface area (Å²) in [6, 6.07) is 5.36. The summed E-state index contributed by atoms with van der Waals surface area (Å²) >= 11 is 5.99. The summed E-state index contributed by atoms with van der Waals surface area (Å²) in [6.07, 6.45) is -1.07. The number of hydrogen-bond donors (Lipinski definition) is 2. The molecular formula is C14H16ClNO2. The summed E-state index contributed by atoms with van der Waals surface area (Å²) in [5, 5.41) is 11.4. The van der Waals surface area contributed by atoms with Gasteiger partial charge >= 0.3 is 6.09 Å². The van der Waals surface area contributed by atoms with Crippen LogP contribution in [0.2, 0.25) is 5.02 Å². The van der Waals surface area contributed by atoms with Crippen molar-refractivity contribution in [2.75, 3.05) is 0 Å². The average molecular weight is 266 g/mol. The van der Waals surface area contributed by atoms with Crippen molar-refractivity contribution in [2.24, 2.45) is 5.41 Å². The van der Waals surface area contributed by atoms with Crippen molar-refractivity contribution in [3.05, 3.63) is 34.3 Å². The molecule has 0 unspecified atom stereocenters. The number of benzene rings is 1. The minimum absolute atomic E-state index is 0.0703. The zero-order chi connectivity index (χ0) is 13.8. The van der Waals surface area contributed by atoms with Gasteiger partial charge in [0.05, 0.1) is 0 Å². The van der Waals surface area contributed by atoms with Crippen LogP contribution in [0.25, 0.3) is 0 Å². The number of carbonyl (C=O) groups is 1. The van der Waals surface area contributed by atoms with E-state index in [1.54, 1.807) is 12.1 Å². The molecule has 0 spiro atoms. The summed E-state index contributed by atoms with van der Waals surface area (Å²) in [5.41, 5.74) is 1.48. The molecule has 0 aliphatic carbocycles. The van der Waals surface area contributed by atoms with E-state index in [0.29, 0.717) is 5.02 Å². The van der Waals surface area contributed by atoms with Gasteiger partial charge in [0, 0.05) is 22.5 Å². The predicted molar refractivity (Wildman–Crippen MR) is 72.6 cm³/mol. The molecule has 0 fully saturated rings. The van der Waals surface area contributed by atoms with E-state index in [0.717, 1.165) is 11.1 Å². The average Bonchev–Trinajstić information content (AvgIpc) is 2.25. The molecule has 1 rings (SSSR count). The second-order valence-electron chi connectivity index (χ2n) is 4.96. The molecule has 18 heavy (non-hydrogen) atoms. The zero-order valence-corrected chi connectivity index (χ0v) is 11.4. The highest BCUT2D eigenvalue weighted by molar-refractivity contribution is 6.31. The molecule has 0 saturated heterocycles. The third-order valence-electron chi connectivity index (χ3n) is 2.06. The summed E-state index contributed by atoms with van der Waals surface area (Å²) in [7, 11) is 0. The first-order valence-corrected chi connectivity index (χ1v) is 5.94. The van der Waals surface area contributed by atoms with Crippen LogP contribution in [-0.2, 0) is 6.54 Å². The first-order valence-electron chi connectivity index (χ1n) is 5.56. The molecule has 0 radical (unpaired) electrons. The summed E-state index contributed by atoms with van der Waals surface area (Å²) in [4.78, 5) is 10.4. The first-order chi connectivity index (χ1) is 8.28. The lowest BCUT2D eigenvalue weighted by Crippen LogP contribution is -2.20. The maximum Gasteiger partial charge on any atom is 0.404 e. The number of rotatable bonds is 2. The fraction of sp³-hybridized carbons (Fsp3) is 0.357. The minimum atomic E-state index is -1.07. The molecule has 0 aliphatic heterocycles. The van der Waals surface area contributed by atoms with E-state index in [4.69, 9.17) is 16.7 Å². The Morgan fingerprint density at radius 2 is 2.11 bits per heavy atom. The largest absolute Gasteiger partial charge is 0.465 e. The molecule has 0 saturated carbocycles. The van der Waals surface area contributed by atoms with E-state index in [9.17, 15) is 4.79 Å². The van der Waals surface area contributed by atoms with Crippen molar-refractivity contribution < 1.29 is 9.90 Å². The second-order valence-corrected chi connectivity index (χ2v) is 5.37. The van der Waals surface area contributed by atoms with Gasteiger partial charge in [0.1, 0.15) is 0 Å². The summed E-state index contributed by atoms with van der Waals surface area (Å²) in [6.45, 7) is 6.27. The van der Waals surface area contributed by atoms with Crippen LogP contribution in [0.1, 0.15) is 31.9 Å². The third-order valence-corrected chi connectivity index (χ3v) is 2.43. The summed E-state index contributed by atoms with van der Waals surface area (Å²) in [5.74, 6) is 6.18. The Hall–Kier alpha value is -1.66. The van der Waals surface area contributed by atoms with Crippen molar-refractivity contribution in [1.29, 1.82) is 0 Å². The Labute approximate surface area is 112 Å². The van der Waals surface area contributed by atoms with Crippen molar-refractivity contribution in [3.63, 3.8) is 0 Å². The van der Waals surface area contributed by atoms with Crippen LogP contribution in [0.15, 0.2) is 18.2 Å². The molecule has 2 N–H and O–H groups in total. The Bertz CT molecular complexity index is 507. The molecule has 3 nitrogen and oxygen atoms in total.